The summed E-state index contributed by atoms with van der Waals surface area (Å²) in [6.45, 7) is 2.03. The molecule has 0 atom stereocenters. The normalized spacial score (nSPS) is 14.2. The van der Waals surface area contributed by atoms with Crippen LogP contribution < -0.4 is 5.32 Å². The first-order chi connectivity index (χ1) is 13.9. The standard InChI is InChI=1S/C20H23FN4O3S/c1-23(13-18(26)22-16-5-2-4-15(21)12-16)14-19(27)24-7-9-25(10-8-24)20(28)17-6-3-11-29-17/h2-6,11-12H,7-10,13-14H2,1H3,(H,22,26). The smallest absolute Gasteiger partial charge is 0.264 e. The van der Waals surface area contributed by atoms with E-state index < -0.39 is 5.82 Å². The second-order valence-corrected chi connectivity index (χ2v) is 7.83. The quantitative estimate of drug-likeness (QED) is 0.776. The summed E-state index contributed by atoms with van der Waals surface area (Å²) in [6.07, 6.45) is 0. The molecule has 0 saturated carbocycles. The van der Waals surface area contributed by atoms with Gasteiger partial charge in [-0.25, -0.2) is 4.39 Å². The Kier molecular flexibility index (Phi) is 6.95. The first-order valence-electron chi connectivity index (χ1n) is 9.27. The molecule has 2 heterocycles. The van der Waals surface area contributed by atoms with Crippen LogP contribution in [0.4, 0.5) is 10.1 Å². The minimum atomic E-state index is -0.428. The lowest BCUT2D eigenvalue weighted by atomic mass is 10.2. The highest BCUT2D eigenvalue weighted by Gasteiger charge is 2.26. The van der Waals surface area contributed by atoms with Gasteiger partial charge in [0.15, 0.2) is 0 Å². The van der Waals surface area contributed by atoms with E-state index in [4.69, 9.17) is 0 Å². The maximum absolute atomic E-state index is 13.2. The van der Waals surface area contributed by atoms with Crippen LogP contribution in [-0.4, -0.2) is 78.7 Å². The topological polar surface area (TPSA) is 73.0 Å². The molecule has 1 N–H and O–H groups in total. The van der Waals surface area contributed by atoms with Gasteiger partial charge < -0.3 is 15.1 Å². The Bertz CT molecular complexity index is 866. The average molecular weight is 418 g/mol. The van der Waals surface area contributed by atoms with Gasteiger partial charge in [0, 0.05) is 31.9 Å². The third-order valence-corrected chi connectivity index (χ3v) is 5.44. The Morgan fingerprint density at radius 2 is 1.79 bits per heavy atom. The van der Waals surface area contributed by atoms with Gasteiger partial charge in [-0.2, -0.15) is 0 Å². The van der Waals surface area contributed by atoms with Crippen molar-refractivity contribution in [1.29, 1.82) is 0 Å². The molecular weight excluding hydrogens is 395 g/mol. The summed E-state index contributed by atoms with van der Waals surface area (Å²) in [7, 11) is 1.68. The molecule has 2 aromatic rings. The van der Waals surface area contributed by atoms with E-state index in [0.717, 1.165) is 0 Å². The van der Waals surface area contributed by atoms with Crippen LogP contribution in [0.25, 0.3) is 0 Å². The molecule has 1 saturated heterocycles. The summed E-state index contributed by atoms with van der Waals surface area (Å²) in [4.78, 5) is 42.7. The first kappa shape index (κ1) is 20.9. The Labute approximate surface area is 172 Å². The van der Waals surface area contributed by atoms with Crippen molar-refractivity contribution in [3.63, 3.8) is 0 Å². The van der Waals surface area contributed by atoms with E-state index >= 15 is 0 Å². The Morgan fingerprint density at radius 1 is 1.07 bits per heavy atom. The summed E-state index contributed by atoms with van der Waals surface area (Å²) in [5, 5.41) is 4.48. The molecule has 0 aliphatic carbocycles. The number of carbonyl (C=O) groups is 3. The molecule has 0 spiro atoms. The molecule has 3 rings (SSSR count). The first-order valence-corrected chi connectivity index (χ1v) is 10.1. The van der Waals surface area contributed by atoms with E-state index in [0.29, 0.717) is 36.7 Å². The fourth-order valence-electron chi connectivity index (χ4n) is 3.11. The van der Waals surface area contributed by atoms with Crippen molar-refractivity contribution in [2.24, 2.45) is 0 Å². The van der Waals surface area contributed by atoms with Crippen LogP contribution in [0.1, 0.15) is 9.67 Å². The van der Waals surface area contributed by atoms with Crippen molar-refractivity contribution in [2.75, 3.05) is 51.6 Å². The summed E-state index contributed by atoms with van der Waals surface area (Å²) in [5.41, 5.74) is 0.376. The highest BCUT2D eigenvalue weighted by atomic mass is 32.1. The van der Waals surface area contributed by atoms with Gasteiger partial charge in [-0.1, -0.05) is 12.1 Å². The Hall–Kier alpha value is -2.78. The molecule has 0 unspecified atom stereocenters. The lowest BCUT2D eigenvalue weighted by molar-refractivity contribution is -0.133. The second kappa shape index (κ2) is 9.62. The maximum atomic E-state index is 13.2. The molecule has 1 aliphatic rings. The van der Waals surface area contributed by atoms with Crippen LogP contribution in [-0.2, 0) is 9.59 Å². The molecule has 1 aliphatic heterocycles. The molecule has 29 heavy (non-hydrogen) atoms. The van der Waals surface area contributed by atoms with Gasteiger partial charge in [0.1, 0.15) is 5.82 Å². The zero-order valence-corrected chi connectivity index (χ0v) is 17.0. The number of benzene rings is 1. The minimum Gasteiger partial charge on any atom is -0.338 e. The lowest BCUT2D eigenvalue weighted by Gasteiger charge is -2.35. The van der Waals surface area contributed by atoms with E-state index in [-0.39, 0.29) is 30.8 Å². The Balaban J connectivity index is 1.42. The predicted molar refractivity (Wildman–Crippen MR) is 109 cm³/mol. The van der Waals surface area contributed by atoms with Crippen LogP contribution in [0.2, 0.25) is 0 Å². The van der Waals surface area contributed by atoms with Crippen molar-refractivity contribution < 1.29 is 18.8 Å². The molecule has 0 bridgehead atoms. The van der Waals surface area contributed by atoms with Crippen LogP contribution in [0.15, 0.2) is 41.8 Å². The van der Waals surface area contributed by atoms with Crippen molar-refractivity contribution in [3.05, 3.63) is 52.5 Å². The number of halogens is 1. The van der Waals surface area contributed by atoms with Gasteiger partial charge in [-0.3, -0.25) is 19.3 Å². The van der Waals surface area contributed by atoms with Gasteiger partial charge in [-0.05, 0) is 36.7 Å². The van der Waals surface area contributed by atoms with Crippen LogP contribution in [0, 0.1) is 5.82 Å². The maximum Gasteiger partial charge on any atom is 0.264 e. The van der Waals surface area contributed by atoms with Crippen molar-refractivity contribution in [2.45, 2.75) is 0 Å². The van der Waals surface area contributed by atoms with Crippen molar-refractivity contribution in [3.8, 4) is 0 Å². The number of likely N-dealkylation sites (N-methyl/N-ethyl adjacent to an activating group) is 1. The SMILES string of the molecule is CN(CC(=O)Nc1cccc(F)c1)CC(=O)N1CCN(C(=O)c2cccs2)CC1. The van der Waals surface area contributed by atoms with E-state index in [9.17, 15) is 18.8 Å². The number of thiophene rings is 1. The molecule has 1 fully saturated rings. The van der Waals surface area contributed by atoms with Gasteiger partial charge >= 0.3 is 0 Å². The third-order valence-electron chi connectivity index (χ3n) is 4.58. The zero-order valence-electron chi connectivity index (χ0n) is 16.1. The highest BCUT2D eigenvalue weighted by Crippen LogP contribution is 2.14. The number of nitrogens with one attached hydrogen (secondary N) is 1. The largest absolute Gasteiger partial charge is 0.338 e. The molecule has 1 aromatic carbocycles. The fraction of sp³-hybridized carbons (Fsp3) is 0.350. The summed E-state index contributed by atoms with van der Waals surface area (Å²) < 4.78 is 13.2. The predicted octanol–water partition coefficient (Wildman–Crippen LogP) is 1.74. The molecule has 9 heteroatoms. The zero-order chi connectivity index (χ0) is 20.8. The molecule has 0 radical (unpaired) electrons. The molecule has 1 aromatic heterocycles. The number of carbonyl (C=O) groups excluding carboxylic acids is 3. The number of hydrogen-bond donors (Lipinski definition) is 1. The fourth-order valence-corrected chi connectivity index (χ4v) is 3.80. The van der Waals surface area contributed by atoms with Gasteiger partial charge in [0.2, 0.25) is 11.8 Å². The second-order valence-electron chi connectivity index (χ2n) is 6.88. The van der Waals surface area contributed by atoms with E-state index in [1.165, 1.54) is 29.5 Å². The third kappa shape index (κ3) is 5.85. The molecule has 7 nitrogen and oxygen atoms in total. The van der Waals surface area contributed by atoms with Crippen LogP contribution in [0.3, 0.4) is 0 Å². The lowest BCUT2D eigenvalue weighted by Crippen LogP contribution is -2.52. The number of nitrogens with zero attached hydrogens (tertiary/aromatic N) is 3. The van der Waals surface area contributed by atoms with Crippen molar-refractivity contribution in [1.82, 2.24) is 14.7 Å². The minimum absolute atomic E-state index is 0.00163. The summed E-state index contributed by atoms with van der Waals surface area (Å²) in [6, 6.07) is 9.30. The number of hydrogen-bond acceptors (Lipinski definition) is 5. The summed E-state index contributed by atoms with van der Waals surface area (Å²) >= 11 is 1.41. The van der Waals surface area contributed by atoms with Gasteiger partial charge in [0.25, 0.3) is 5.91 Å². The van der Waals surface area contributed by atoms with Crippen LogP contribution in [0.5, 0.6) is 0 Å². The number of rotatable bonds is 6. The highest BCUT2D eigenvalue weighted by molar-refractivity contribution is 7.12. The van der Waals surface area contributed by atoms with Crippen molar-refractivity contribution >= 4 is 34.7 Å². The van der Waals surface area contributed by atoms with Gasteiger partial charge in [0.05, 0.1) is 18.0 Å². The van der Waals surface area contributed by atoms with E-state index in [1.54, 1.807) is 33.9 Å². The summed E-state index contributed by atoms with van der Waals surface area (Å²) in [5.74, 6) is -0.840. The number of amides is 3. The molecule has 3 amide bonds. The van der Waals surface area contributed by atoms with Crippen LogP contribution >= 0.6 is 11.3 Å². The molecule has 154 valence electrons. The average Bonchev–Trinajstić information content (AvgIpc) is 3.22. The van der Waals surface area contributed by atoms with E-state index in [1.807, 2.05) is 11.4 Å². The Morgan fingerprint density at radius 3 is 2.45 bits per heavy atom. The molecular formula is C20H23FN4O3S. The van der Waals surface area contributed by atoms with E-state index in [2.05, 4.69) is 5.32 Å². The monoisotopic (exact) mass is 418 g/mol. The van der Waals surface area contributed by atoms with Gasteiger partial charge in [-0.15, -0.1) is 11.3 Å². The number of piperazine rings is 1. The number of anilines is 1.